The molecule has 9 heteroatoms. The number of carbonyl (C=O) groups is 1. The van der Waals surface area contributed by atoms with Crippen molar-refractivity contribution >= 4 is 33.5 Å². The first-order valence-electron chi connectivity index (χ1n) is 10.3. The first kappa shape index (κ1) is 22.0. The fourth-order valence-corrected chi connectivity index (χ4v) is 7.03. The molecule has 2 saturated heterocycles. The number of rotatable bonds is 4. The Morgan fingerprint density at radius 3 is 2.48 bits per heavy atom. The van der Waals surface area contributed by atoms with E-state index in [9.17, 15) is 13.2 Å². The van der Waals surface area contributed by atoms with Gasteiger partial charge in [0.2, 0.25) is 10.0 Å². The lowest BCUT2D eigenvalue weighted by Gasteiger charge is -2.46. The van der Waals surface area contributed by atoms with Gasteiger partial charge in [-0.05, 0) is 49.7 Å². The lowest BCUT2D eigenvalue weighted by molar-refractivity contribution is 0.160. The molecule has 4 rings (SSSR count). The lowest BCUT2D eigenvalue weighted by Crippen LogP contribution is -2.59. The second-order valence-corrected chi connectivity index (χ2v) is 11.1. The largest absolute Gasteiger partial charge is 0.497 e. The molecule has 31 heavy (non-hydrogen) atoms. The molecule has 2 atom stereocenters. The molecule has 0 bridgehead atoms. The smallest absolute Gasteiger partial charge is 0.322 e. The molecule has 0 aromatic heterocycles. The summed E-state index contributed by atoms with van der Waals surface area (Å²) in [6, 6.07) is 14.1. The van der Waals surface area contributed by atoms with Gasteiger partial charge in [-0.15, -0.1) is 0 Å². The van der Waals surface area contributed by atoms with Gasteiger partial charge in [0.1, 0.15) is 5.75 Å². The highest BCUT2D eigenvalue weighted by Crippen LogP contribution is 2.34. The van der Waals surface area contributed by atoms with E-state index in [0.29, 0.717) is 36.6 Å². The molecular formula is C22H27N3O4S2. The number of hydrogen-bond donors (Lipinski definition) is 1. The number of ether oxygens (including phenoxy) is 1. The van der Waals surface area contributed by atoms with Crippen molar-refractivity contribution in [3.05, 3.63) is 54.1 Å². The maximum atomic E-state index is 13.1. The molecule has 0 aliphatic carbocycles. The minimum absolute atomic E-state index is 0.0152. The van der Waals surface area contributed by atoms with Crippen molar-refractivity contribution in [2.45, 2.75) is 29.5 Å². The Morgan fingerprint density at radius 1 is 1.10 bits per heavy atom. The zero-order valence-corrected chi connectivity index (χ0v) is 19.3. The van der Waals surface area contributed by atoms with Crippen LogP contribution in [0.15, 0.2) is 53.4 Å². The average molecular weight is 462 g/mol. The van der Waals surface area contributed by atoms with E-state index < -0.39 is 10.0 Å². The van der Waals surface area contributed by atoms with E-state index in [2.05, 4.69) is 5.32 Å². The van der Waals surface area contributed by atoms with Gasteiger partial charge in [-0.25, -0.2) is 13.2 Å². The minimum atomic E-state index is -3.53. The second kappa shape index (κ2) is 9.10. The fourth-order valence-electron chi connectivity index (χ4n) is 4.06. The second-order valence-electron chi connectivity index (χ2n) is 7.79. The van der Waals surface area contributed by atoms with Crippen LogP contribution >= 0.6 is 11.8 Å². The highest BCUT2D eigenvalue weighted by molar-refractivity contribution is 8.00. The van der Waals surface area contributed by atoms with Crippen LogP contribution in [-0.2, 0) is 10.0 Å². The van der Waals surface area contributed by atoms with E-state index in [1.54, 1.807) is 47.4 Å². The predicted octanol–water partition coefficient (Wildman–Crippen LogP) is 3.42. The van der Waals surface area contributed by atoms with Gasteiger partial charge in [0.15, 0.2) is 0 Å². The molecule has 1 N–H and O–H groups in total. The topological polar surface area (TPSA) is 79.0 Å². The molecule has 2 aromatic rings. The number of urea groups is 1. The normalized spacial score (nSPS) is 21.9. The summed E-state index contributed by atoms with van der Waals surface area (Å²) in [5.41, 5.74) is 1.74. The van der Waals surface area contributed by atoms with Crippen molar-refractivity contribution in [2.75, 3.05) is 37.8 Å². The van der Waals surface area contributed by atoms with Crippen molar-refractivity contribution in [3.8, 4) is 5.75 Å². The average Bonchev–Trinajstić information content (AvgIpc) is 2.79. The number of anilines is 1. The number of nitrogens with one attached hydrogen (secondary N) is 1. The quantitative estimate of drug-likeness (QED) is 0.755. The van der Waals surface area contributed by atoms with Crippen LogP contribution in [0.3, 0.4) is 0 Å². The lowest BCUT2D eigenvalue weighted by atomic mass is 10.0. The maximum absolute atomic E-state index is 13.1. The summed E-state index contributed by atoms with van der Waals surface area (Å²) in [5.74, 6) is 1.52. The van der Waals surface area contributed by atoms with E-state index in [0.717, 1.165) is 17.1 Å². The standard InChI is InChI=1S/C22H27N3O4S2/c1-16-3-9-19(10-4-16)31(27,28)24-12-11-20-21(15-24)30-14-13-25(20)22(26)23-17-5-7-18(29-2)8-6-17/h3-10,20-21H,11-15H2,1-2H3,(H,23,26). The van der Waals surface area contributed by atoms with E-state index in [4.69, 9.17) is 4.74 Å². The number of hydrogen-bond acceptors (Lipinski definition) is 5. The van der Waals surface area contributed by atoms with Crippen LogP contribution in [0.4, 0.5) is 10.5 Å². The van der Waals surface area contributed by atoms with Gasteiger partial charge in [0.25, 0.3) is 0 Å². The Bertz CT molecular complexity index is 1030. The Hall–Kier alpha value is -2.23. The van der Waals surface area contributed by atoms with Gasteiger partial charge < -0.3 is 15.0 Å². The van der Waals surface area contributed by atoms with E-state index in [-0.39, 0.29) is 17.3 Å². The van der Waals surface area contributed by atoms with E-state index in [1.807, 2.05) is 36.1 Å². The first-order valence-corrected chi connectivity index (χ1v) is 12.8. The molecule has 7 nitrogen and oxygen atoms in total. The van der Waals surface area contributed by atoms with E-state index in [1.165, 1.54) is 0 Å². The van der Waals surface area contributed by atoms with Crippen LogP contribution in [0.5, 0.6) is 5.75 Å². The zero-order valence-electron chi connectivity index (χ0n) is 17.7. The number of methoxy groups -OCH3 is 1. The summed E-state index contributed by atoms with van der Waals surface area (Å²) in [7, 11) is -1.93. The van der Waals surface area contributed by atoms with Gasteiger partial charge in [-0.2, -0.15) is 16.1 Å². The predicted molar refractivity (Wildman–Crippen MR) is 123 cm³/mol. The number of thioether (sulfide) groups is 1. The summed E-state index contributed by atoms with van der Waals surface area (Å²) in [5, 5.41) is 3.02. The van der Waals surface area contributed by atoms with Gasteiger partial charge in [0, 0.05) is 42.4 Å². The van der Waals surface area contributed by atoms with Crippen molar-refractivity contribution in [1.82, 2.24) is 9.21 Å². The number of aryl methyl sites for hydroxylation is 1. The maximum Gasteiger partial charge on any atom is 0.322 e. The molecule has 2 aromatic carbocycles. The third kappa shape index (κ3) is 4.68. The molecule has 2 aliphatic heterocycles. The van der Waals surface area contributed by atoms with Crippen LogP contribution < -0.4 is 10.1 Å². The Labute approximate surface area is 187 Å². The SMILES string of the molecule is COc1ccc(NC(=O)N2CCSC3CN(S(=O)(=O)c4ccc(C)cc4)CCC32)cc1. The summed E-state index contributed by atoms with van der Waals surface area (Å²) >= 11 is 1.75. The fraction of sp³-hybridized carbons (Fsp3) is 0.409. The summed E-state index contributed by atoms with van der Waals surface area (Å²) in [4.78, 5) is 15.1. The molecule has 2 heterocycles. The number of nitrogens with zero attached hydrogens (tertiary/aromatic N) is 2. The molecule has 166 valence electrons. The zero-order chi connectivity index (χ0) is 22.0. The molecular weight excluding hydrogens is 434 g/mol. The number of benzene rings is 2. The molecule has 2 amide bonds. The van der Waals surface area contributed by atoms with Crippen LogP contribution in [0.1, 0.15) is 12.0 Å². The molecule has 0 saturated carbocycles. The van der Waals surface area contributed by atoms with Crippen LogP contribution in [0.25, 0.3) is 0 Å². The number of carbonyl (C=O) groups excluding carboxylic acids is 1. The highest BCUT2D eigenvalue weighted by atomic mass is 32.2. The molecule has 0 spiro atoms. The van der Waals surface area contributed by atoms with Crippen molar-refractivity contribution in [1.29, 1.82) is 0 Å². The first-order chi connectivity index (χ1) is 14.9. The van der Waals surface area contributed by atoms with Crippen LogP contribution in [0.2, 0.25) is 0 Å². The molecule has 2 unspecified atom stereocenters. The van der Waals surface area contributed by atoms with Gasteiger partial charge in [-0.1, -0.05) is 17.7 Å². The van der Waals surface area contributed by atoms with Crippen LogP contribution in [0, 0.1) is 6.92 Å². The van der Waals surface area contributed by atoms with E-state index >= 15 is 0 Å². The summed E-state index contributed by atoms with van der Waals surface area (Å²) in [6.07, 6.45) is 0.624. The molecule has 2 fully saturated rings. The Balaban J connectivity index is 1.44. The Kier molecular flexibility index (Phi) is 6.45. The van der Waals surface area contributed by atoms with Crippen molar-refractivity contribution in [3.63, 3.8) is 0 Å². The van der Waals surface area contributed by atoms with Crippen molar-refractivity contribution < 1.29 is 17.9 Å². The van der Waals surface area contributed by atoms with Crippen molar-refractivity contribution in [2.24, 2.45) is 0 Å². The third-order valence-corrected chi connectivity index (χ3v) is 9.00. The van der Waals surface area contributed by atoms with Gasteiger partial charge >= 0.3 is 6.03 Å². The monoisotopic (exact) mass is 461 g/mol. The van der Waals surface area contributed by atoms with Gasteiger partial charge in [-0.3, -0.25) is 0 Å². The number of sulfonamides is 1. The molecule has 2 aliphatic rings. The number of piperidine rings is 1. The number of fused-ring (bicyclic) bond motifs is 1. The third-order valence-electron chi connectivity index (χ3n) is 5.81. The number of amides is 2. The summed E-state index contributed by atoms with van der Waals surface area (Å²) < 4.78 is 32.9. The van der Waals surface area contributed by atoms with Gasteiger partial charge in [0.05, 0.1) is 12.0 Å². The Morgan fingerprint density at radius 2 is 1.81 bits per heavy atom. The molecule has 0 radical (unpaired) electrons. The highest BCUT2D eigenvalue weighted by Gasteiger charge is 2.42. The van der Waals surface area contributed by atoms with Crippen LogP contribution in [-0.4, -0.2) is 67.4 Å². The minimum Gasteiger partial charge on any atom is -0.497 e. The summed E-state index contributed by atoms with van der Waals surface area (Å²) in [6.45, 7) is 3.41.